The predicted molar refractivity (Wildman–Crippen MR) is 89.4 cm³/mol. The largest absolute Gasteiger partial charge is 0.468 e. The summed E-state index contributed by atoms with van der Waals surface area (Å²) in [6.07, 6.45) is 1.23. The maximum Gasteiger partial charge on any atom is 0.325 e. The Morgan fingerprint density at radius 1 is 1.33 bits per heavy atom. The molecule has 0 radical (unpaired) electrons. The van der Waals surface area contributed by atoms with Gasteiger partial charge in [-0.05, 0) is 24.5 Å². The number of ether oxygens (including phenoxy) is 1. The van der Waals surface area contributed by atoms with E-state index >= 15 is 0 Å². The average molecular weight is 356 g/mol. The minimum Gasteiger partial charge on any atom is -0.468 e. The second-order valence-electron chi connectivity index (χ2n) is 5.02. The van der Waals surface area contributed by atoms with E-state index in [1.165, 1.54) is 7.11 Å². The number of carbonyl (C=O) groups is 1. The van der Waals surface area contributed by atoms with Crippen LogP contribution in [0.2, 0.25) is 5.02 Å². The summed E-state index contributed by atoms with van der Waals surface area (Å²) >= 11 is 6.15. The van der Waals surface area contributed by atoms with Crippen molar-refractivity contribution in [3.8, 4) is 0 Å². The molecule has 0 amide bonds. The number of carbonyl (C=O) groups excluding carboxylic acids is 1. The molecule has 2 rings (SSSR count). The molecule has 1 fully saturated rings. The summed E-state index contributed by atoms with van der Waals surface area (Å²) in [6.45, 7) is 2.34. The number of piperidine rings is 1. The highest BCUT2D eigenvalue weighted by Crippen LogP contribution is 2.24. The van der Waals surface area contributed by atoms with Gasteiger partial charge < -0.3 is 10.5 Å². The zero-order valence-electron chi connectivity index (χ0n) is 11.9. The Morgan fingerprint density at radius 3 is 2.43 bits per heavy atom. The number of hydrogen-bond acceptors (Lipinski definition) is 4. The number of nitrogens with two attached hydrogens (primary N) is 1. The molecule has 1 aliphatic heterocycles. The van der Waals surface area contributed by atoms with Crippen LogP contribution in [-0.4, -0.2) is 36.6 Å². The van der Waals surface area contributed by atoms with E-state index in [1.807, 2.05) is 24.3 Å². The Morgan fingerprint density at radius 2 is 1.90 bits per heavy atom. The lowest BCUT2D eigenvalue weighted by atomic mass is 9.88. The maximum atomic E-state index is 11.6. The van der Waals surface area contributed by atoms with Gasteiger partial charge in [-0.15, -0.1) is 24.8 Å². The molecule has 2 N–H and O–H groups in total. The third-order valence-electron chi connectivity index (χ3n) is 3.69. The van der Waals surface area contributed by atoms with Crippen molar-refractivity contribution in [2.24, 2.45) is 5.73 Å². The molecule has 1 aromatic carbocycles. The van der Waals surface area contributed by atoms with Gasteiger partial charge in [-0.25, -0.2) is 0 Å². The van der Waals surface area contributed by atoms with Gasteiger partial charge in [0.15, 0.2) is 0 Å². The summed E-state index contributed by atoms with van der Waals surface area (Å²) < 4.78 is 4.76. The average Bonchev–Trinajstić information content (AvgIpc) is 2.43. The van der Waals surface area contributed by atoms with E-state index < -0.39 is 5.54 Å². The third-order valence-corrected chi connectivity index (χ3v) is 4.06. The van der Waals surface area contributed by atoms with Crippen LogP contribution < -0.4 is 5.73 Å². The topological polar surface area (TPSA) is 55.6 Å². The van der Waals surface area contributed by atoms with E-state index in [9.17, 15) is 4.79 Å². The summed E-state index contributed by atoms with van der Waals surface area (Å²) in [5.74, 6) is -0.315. The number of hydrogen-bond donors (Lipinski definition) is 1. The van der Waals surface area contributed by atoms with Crippen LogP contribution in [0.15, 0.2) is 24.3 Å². The first-order valence-electron chi connectivity index (χ1n) is 6.38. The van der Waals surface area contributed by atoms with Crippen molar-refractivity contribution in [2.75, 3.05) is 20.2 Å². The minimum absolute atomic E-state index is 0. The first-order valence-corrected chi connectivity index (χ1v) is 6.76. The van der Waals surface area contributed by atoms with Crippen LogP contribution in [0.1, 0.15) is 18.4 Å². The zero-order chi connectivity index (χ0) is 13.9. The molecular formula is C14H21Cl3N2O2. The van der Waals surface area contributed by atoms with Gasteiger partial charge in [0.05, 0.1) is 7.11 Å². The highest BCUT2D eigenvalue weighted by atomic mass is 35.5. The summed E-state index contributed by atoms with van der Waals surface area (Å²) in [5.41, 5.74) is 6.35. The highest BCUT2D eigenvalue weighted by Gasteiger charge is 2.38. The number of methoxy groups -OCH3 is 1. The van der Waals surface area contributed by atoms with E-state index in [0.29, 0.717) is 12.8 Å². The van der Waals surface area contributed by atoms with Gasteiger partial charge in [0.1, 0.15) is 5.54 Å². The molecule has 0 unspecified atom stereocenters. The fourth-order valence-corrected chi connectivity index (χ4v) is 2.58. The maximum absolute atomic E-state index is 11.6. The molecular weight excluding hydrogens is 335 g/mol. The third kappa shape index (κ3) is 5.01. The second kappa shape index (κ2) is 8.81. The lowest BCUT2D eigenvalue weighted by Crippen LogP contribution is -2.55. The van der Waals surface area contributed by atoms with Crippen molar-refractivity contribution >= 4 is 42.4 Å². The molecule has 7 heteroatoms. The summed E-state index contributed by atoms with van der Waals surface area (Å²) in [7, 11) is 1.38. The van der Waals surface area contributed by atoms with Gasteiger partial charge in [0.2, 0.25) is 0 Å². The van der Waals surface area contributed by atoms with Crippen LogP contribution in [0, 0.1) is 0 Å². The van der Waals surface area contributed by atoms with Crippen molar-refractivity contribution in [1.82, 2.24) is 4.90 Å². The Hall–Kier alpha value is -0.520. The van der Waals surface area contributed by atoms with Crippen LogP contribution in [0.5, 0.6) is 0 Å². The molecule has 0 aliphatic carbocycles. The van der Waals surface area contributed by atoms with Crippen molar-refractivity contribution in [3.05, 3.63) is 34.9 Å². The normalized spacial score (nSPS) is 17.3. The van der Waals surface area contributed by atoms with Crippen molar-refractivity contribution < 1.29 is 9.53 Å². The molecule has 0 spiro atoms. The zero-order valence-corrected chi connectivity index (χ0v) is 14.3. The van der Waals surface area contributed by atoms with Crippen LogP contribution in [0.25, 0.3) is 0 Å². The van der Waals surface area contributed by atoms with Gasteiger partial charge in [-0.1, -0.05) is 29.8 Å². The van der Waals surface area contributed by atoms with Gasteiger partial charge >= 0.3 is 5.97 Å². The van der Waals surface area contributed by atoms with Crippen LogP contribution in [-0.2, 0) is 16.1 Å². The number of benzene rings is 1. The van der Waals surface area contributed by atoms with E-state index in [0.717, 1.165) is 30.2 Å². The molecule has 1 heterocycles. The number of nitrogens with zero attached hydrogens (tertiary/aromatic N) is 1. The fraction of sp³-hybridized carbons (Fsp3) is 0.500. The minimum atomic E-state index is -0.828. The van der Waals surface area contributed by atoms with Gasteiger partial charge in [-0.3, -0.25) is 9.69 Å². The van der Waals surface area contributed by atoms with E-state index in [-0.39, 0.29) is 30.8 Å². The smallest absolute Gasteiger partial charge is 0.325 e. The van der Waals surface area contributed by atoms with E-state index in [4.69, 9.17) is 22.1 Å². The van der Waals surface area contributed by atoms with E-state index in [1.54, 1.807) is 0 Å². The molecule has 0 atom stereocenters. The monoisotopic (exact) mass is 354 g/mol. The second-order valence-corrected chi connectivity index (χ2v) is 5.42. The van der Waals surface area contributed by atoms with Crippen molar-refractivity contribution in [3.63, 3.8) is 0 Å². The number of halogens is 3. The summed E-state index contributed by atoms with van der Waals surface area (Å²) in [4.78, 5) is 13.9. The van der Waals surface area contributed by atoms with Gasteiger partial charge in [-0.2, -0.15) is 0 Å². The Bertz CT molecular complexity index is 463. The quantitative estimate of drug-likeness (QED) is 0.847. The lowest BCUT2D eigenvalue weighted by Gasteiger charge is -2.37. The van der Waals surface area contributed by atoms with Crippen molar-refractivity contribution in [2.45, 2.75) is 24.9 Å². The van der Waals surface area contributed by atoms with Crippen LogP contribution >= 0.6 is 36.4 Å². The molecule has 0 saturated carbocycles. The molecule has 21 heavy (non-hydrogen) atoms. The molecule has 0 aromatic heterocycles. The number of likely N-dealkylation sites (tertiary alicyclic amines) is 1. The molecule has 1 aliphatic rings. The summed E-state index contributed by atoms with van der Waals surface area (Å²) in [6, 6.07) is 7.81. The van der Waals surface area contributed by atoms with Crippen LogP contribution in [0.4, 0.5) is 0 Å². The predicted octanol–water partition coefficient (Wildman–Crippen LogP) is 2.65. The first-order chi connectivity index (χ1) is 9.05. The van der Waals surface area contributed by atoms with E-state index in [2.05, 4.69) is 4.90 Å². The Balaban J connectivity index is 0.00000200. The fourth-order valence-electron chi connectivity index (χ4n) is 2.39. The number of esters is 1. The number of rotatable bonds is 3. The van der Waals surface area contributed by atoms with Crippen molar-refractivity contribution in [1.29, 1.82) is 0 Å². The van der Waals surface area contributed by atoms with Crippen LogP contribution in [0.3, 0.4) is 0 Å². The highest BCUT2D eigenvalue weighted by molar-refractivity contribution is 6.31. The molecule has 120 valence electrons. The molecule has 1 saturated heterocycles. The molecule has 0 bridgehead atoms. The SMILES string of the molecule is COC(=O)C1(N)CCN(Cc2ccccc2Cl)CC1.Cl.Cl. The van der Waals surface area contributed by atoms with Gasteiger partial charge in [0, 0.05) is 24.7 Å². The standard InChI is InChI=1S/C14H19ClN2O2.2ClH/c1-19-13(18)14(16)6-8-17(9-7-14)10-11-4-2-3-5-12(11)15;;/h2-5H,6-10,16H2,1H3;2*1H. The lowest BCUT2D eigenvalue weighted by molar-refractivity contribution is -0.149. The Kier molecular flexibility index (Phi) is 8.59. The molecule has 4 nitrogen and oxygen atoms in total. The summed E-state index contributed by atoms with van der Waals surface area (Å²) in [5, 5.41) is 0.778. The van der Waals surface area contributed by atoms with Gasteiger partial charge in [0.25, 0.3) is 0 Å². The first kappa shape index (κ1) is 20.5. The Labute approximate surface area is 142 Å². The molecule has 1 aromatic rings.